The first-order valence-corrected chi connectivity index (χ1v) is 8.80. The number of ether oxygens (including phenoxy) is 4. The molecule has 2 bridgehead atoms. The summed E-state index contributed by atoms with van der Waals surface area (Å²) < 4.78 is 22.1. The van der Waals surface area contributed by atoms with Crippen LogP contribution in [0.15, 0.2) is 0 Å². The highest BCUT2D eigenvalue weighted by Crippen LogP contribution is 2.55. The first-order chi connectivity index (χ1) is 11.2. The predicted molar refractivity (Wildman–Crippen MR) is 80.7 cm³/mol. The lowest BCUT2D eigenvalue weighted by Gasteiger charge is -2.23. The summed E-state index contributed by atoms with van der Waals surface area (Å²) in [6.07, 6.45) is 3.49. The van der Waals surface area contributed by atoms with Crippen molar-refractivity contribution >= 4 is 11.9 Å². The summed E-state index contributed by atoms with van der Waals surface area (Å²) in [7, 11) is 0. The molecular weight excluding hydrogens is 300 g/mol. The Balaban J connectivity index is 1.57. The number of hydrogen-bond donors (Lipinski definition) is 0. The first kappa shape index (κ1) is 16.7. The van der Waals surface area contributed by atoms with Gasteiger partial charge in [0.05, 0.1) is 31.7 Å². The summed E-state index contributed by atoms with van der Waals surface area (Å²) >= 11 is 0. The minimum absolute atomic E-state index is 0.0103. The Morgan fingerprint density at radius 1 is 0.870 bits per heavy atom. The van der Waals surface area contributed by atoms with Gasteiger partial charge in [-0.3, -0.25) is 9.59 Å². The van der Waals surface area contributed by atoms with Crippen LogP contribution in [0.1, 0.15) is 46.0 Å². The van der Waals surface area contributed by atoms with Gasteiger partial charge in [-0.05, 0) is 12.8 Å². The Morgan fingerprint density at radius 3 is 2.17 bits per heavy atom. The zero-order valence-corrected chi connectivity index (χ0v) is 13.9. The van der Waals surface area contributed by atoms with E-state index in [-0.39, 0.29) is 48.7 Å². The van der Waals surface area contributed by atoms with Crippen molar-refractivity contribution in [3.63, 3.8) is 0 Å². The molecule has 0 aromatic rings. The van der Waals surface area contributed by atoms with E-state index in [9.17, 15) is 9.59 Å². The topological polar surface area (TPSA) is 74.4 Å². The van der Waals surface area contributed by atoms with Crippen LogP contribution in [0.3, 0.4) is 0 Å². The van der Waals surface area contributed by atoms with Gasteiger partial charge in [0.2, 0.25) is 0 Å². The van der Waals surface area contributed by atoms with Crippen LogP contribution >= 0.6 is 0 Å². The van der Waals surface area contributed by atoms with Gasteiger partial charge in [0.1, 0.15) is 18.3 Å². The number of hydrogen-bond acceptors (Lipinski definition) is 6. The Hall–Kier alpha value is -1.14. The molecule has 130 valence electrons. The maximum atomic E-state index is 12.4. The molecule has 23 heavy (non-hydrogen) atoms. The fourth-order valence-corrected chi connectivity index (χ4v) is 3.63. The summed E-state index contributed by atoms with van der Waals surface area (Å²) in [5.41, 5.74) is 0. The zero-order valence-electron chi connectivity index (χ0n) is 13.9. The molecule has 3 fully saturated rings. The molecule has 0 aliphatic carbocycles. The first-order valence-electron chi connectivity index (χ1n) is 8.80. The summed E-state index contributed by atoms with van der Waals surface area (Å²) in [4.78, 5) is 24.4. The largest absolute Gasteiger partial charge is 0.466 e. The Labute approximate surface area is 136 Å². The summed E-state index contributed by atoms with van der Waals surface area (Å²) in [5, 5.41) is 0. The van der Waals surface area contributed by atoms with Crippen LogP contribution in [0, 0.1) is 11.8 Å². The molecule has 0 amide bonds. The van der Waals surface area contributed by atoms with E-state index in [1.807, 2.05) is 13.8 Å². The molecule has 0 aromatic heterocycles. The van der Waals surface area contributed by atoms with E-state index in [2.05, 4.69) is 0 Å². The van der Waals surface area contributed by atoms with Crippen LogP contribution in [0.25, 0.3) is 0 Å². The van der Waals surface area contributed by atoms with Crippen molar-refractivity contribution in [1.29, 1.82) is 0 Å². The molecule has 0 spiro atoms. The highest BCUT2D eigenvalue weighted by molar-refractivity contribution is 5.77. The fraction of sp³-hybridized carbons (Fsp3) is 0.882. The lowest BCUT2D eigenvalue weighted by Crippen LogP contribution is -2.40. The molecule has 6 nitrogen and oxygen atoms in total. The minimum atomic E-state index is -0.403. The number of carbonyl (C=O) groups is 2. The van der Waals surface area contributed by atoms with Gasteiger partial charge in [0, 0.05) is 5.92 Å². The second kappa shape index (κ2) is 7.18. The van der Waals surface area contributed by atoms with Crippen molar-refractivity contribution < 1.29 is 28.5 Å². The third-order valence-corrected chi connectivity index (χ3v) is 4.94. The van der Waals surface area contributed by atoms with E-state index in [0.717, 1.165) is 25.7 Å². The Bertz CT molecular complexity index is 450. The van der Waals surface area contributed by atoms with Crippen LogP contribution in [-0.2, 0) is 28.5 Å². The van der Waals surface area contributed by atoms with Gasteiger partial charge in [-0.15, -0.1) is 0 Å². The molecule has 3 aliphatic rings. The lowest BCUT2D eigenvalue weighted by atomic mass is 9.77. The van der Waals surface area contributed by atoms with Gasteiger partial charge in [-0.1, -0.05) is 26.7 Å². The van der Waals surface area contributed by atoms with Gasteiger partial charge >= 0.3 is 11.9 Å². The molecule has 3 rings (SSSR count). The van der Waals surface area contributed by atoms with E-state index in [1.54, 1.807) is 0 Å². The van der Waals surface area contributed by atoms with Crippen molar-refractivity contribution in [2.45, 2.75) is 70.4 Å². The van der Waals surface area contributed by atoms with Gasteiger partial charge in [0.25, 0.3) is 0 Å². The maximum absolute atomic E-state index is 12.4. The molecule has 0 N–H and O–H groups in total. The molecule has 3 heterocycles. The van der Waals surface area contributed by atoms with Crippen LogP contribution in [0.4, 0.5) is 0 Å². The zero-order chi connectivity index (χ0) is 16.4. The monoisotopic (exact) mass is 326 g/mol. The molecular formula is C17H26O6. The Morgan fingerprint density at radius 2 is 1.48 bits per heavy atom. The number of epoxide rings is 1. The molecule has 0 saturated carbocycles. The molecule has 6 heteroatoms. The van der Waals surface area contributed by atoms with Crippen molar-refractivity contribution in [1.82, 2.24) is 0 Å². The molecule has 0 aromatic carbocycles. The van der Waals surface area contributed by atoms with Crippen LogP contribution in [0.5, 0.6) is 0 Å². The van der Waals surface area contributed by atoms with E-state index in [4.69, 9.17) is 18.9 Å². The van der Waals surface area contributed by atoms with Crippen LogP contribution < -0.4 is 0 Å². The van der Waals surface area contributed by atoms with E-state index in [1.165, 1.54) is 0 Å². The maximum Gasteiger partial charge on any atom is 0.312 e. The van der Waals surface area contributed by atoms with E-state index < -0.39 is 5.92 Å². The third-order valence-electron chi connectivity index (χ3n) is 4.94. The third kappa shape index (κ3) is 3.38. The molecule has 0 radical (unpaired) electrons. The smallest absolute Gasteiger partial charge is 0.312 e. The quantitative estimate of drug-likeness (QED) is 0.366. The summed E-state index contributed by atoms with van der Waals surface area (Å²) in [5.74, 6) is -1.11. The highest BCUT2D eigenvalue weighted by atomic mass is 16.7. The number of carbonyl (C=O) groups excluding carboxylic acids is 2. The SMILES string of the molecule is CCCCOC(=O)CC1C2OC(C3OC23)C1C(=O)OCCCC. The van der Waals surface area contributed by atoms with Crippen molar-refractivity contribution in [2.75, 3.05) is 13.2 Å². The van der Waals surface area contributed by atoms with Crippen molar-refractivity contribution in [3.05, 3.63) is 0 Å². The van der Waals surface area contributed by atoms with E-state index in [0.29, 0.717) is 13.2 Å². The highest BCUT2D eigenvalue weighted by Gasteiger charge is 2.71. The molecule has 3 aliphatic heterocycles. The molecule has 6 unspecified atom stereocenters. The van der Waals surface area contributed by atoms with Gasteiger partial charge < -0.3 is 18.9 Å². The van der Waals surface area contributed by atoms with Crippen molar-refractivity contribution in [3.8, 4) is 0 Å². The second-order valence-corrected chi connectivity index (χ2v) is 6.62. The van der Waals surface area contributed by atoms with Gasteiger partial charge in [0.15, 0.2) is 0 Å². The summed E-state index contributed by atoms with van der Waals surface area (Å²) in [6, 6.07) is 0. The van der Waals surface area contributed by atoms with Crippen molar-refractivity contribution in [2.24, 2.45) is 11.8 Å². The number of esters is 2. The van der Waals surface area contributed by atoms with Crippen LogP contribution in [-0.4, -0.2) is 49.6 Å². The molecule has 3 saturated heterocycles. The summed E-state index contributed by atoms with van der Waals surface area (Å²) in [6.45, 7) is 4.95. The standard InChI is InChI=1S/C17H26O6/c1-3-5-7-20-11(18)9-10-12(17(19)21-8-6-4-2)14-16-15(23-16)13(10)22-14/h10,12-16H,3-9H2,1-2H3. The fourth-order valence-electron chi connectivity index (χ4n) is 3.63. The predicted octanol–water partition coefficient (Wildman–Crippen LogP) is 1.84. The van der Waals surface area contributed by atoms with Crippen LogP contribution in [0.2, 0.25) is 0 Å². The van der Waals surface area contributed by atoms with Gasteiger partial charge in [-0.25, -0.2) is 0 Å². The number of rotatable bonds is 9. The lowest BCUT2D eigenvalue weighted by molar-refractivity contribution is -0.153. The minimum Gasteiger partial charge on any atom is -0.466 e. The second-order valence-electron chi connectivity index (χ2n) is 6.62. The number of fused-ring (bicyclic) bond motifs is 5. The van der Waals surface area contributed by atoms with E-state index >= 15 is 0 Å². The number of unbranched alkanes of at least 4 members (excludes halogenated alkanes) is 2. The normalized spacial score (nSPS) is 36.6. The average Bonchev–Trinajstić information content (AvgIpc) is 3.15. The molecule has 6 atom stereocenters. The van der Waals surface area contributed by atoms with Gasteiger partial charge in [-0.2, -0.15) is 0 Å². The Kier molecular flexibility index (Phi) is 5.21. The average molecular weight is 326 g/mol.